The van der Waals surface area contributed by atoms with Gasteiger partial charge < -0.3 is 5.73 Å². The van der Waals surface area contributed by atoms with Gasteiger partial charge in [0.1, 0.15) is 0 Å². The standard InChI is InChI=1S/C19H24N2/c1-21(13-16-5-2-4-15(10-16)12-20)14-17-8-9-18-6-3-7-19(18)11-17/h2,4-5,8-11H,3,6-7,12-14,20H2,1H3. The van der Waals surface area contributed by atoms with Crippen LogP contribution in [-0.4, -0.2) is 11.9 Å². The second kappa shape index (κ2) is 6.42. The van der Waals surface area contributed by atoms with Crippen LogP contribution >= 0.6 is 0 Å². The van der Waals surface area contributed by atoms with Crippen LogP contribution in [0.2, 0.25) is 0 Å². The van der Waals surface area contributed by atoms with E-state index >= 15 is 0 Å². The minimum Gasteiger partial charge on any atom is -0.326 e. The van der Waals surface area contributed by atoms with Crippen LogP contribution in [0, 0.1) is 0 Å². The molecule has 3 rings (SSSR count). The molecule has 1 aliphatic rings. The quantitative estimate of drug-likeness (QED) is 0.911. The van der Waals surface area contributed by atoms with E-state index in [0.29, 0.717) is 6.54 Å². The lowest BCUT2D eigenvalue weighted by Gasteiger charge is -2.18. The van der Waals surface area contributed by atoms with E-state index in [9.17, 15) is 0 Å². The molecule has 0 aliphatic heterocycles. The molecule has 0 bridgehead atoms. The molecule has 0 spiro atoms. The molecule has 110 valence electrons. The number of fused-ring (bicyclic) bond motifs is 1. The highest BCUT2D eigenvalue weighted by molar-refractivity contribution is 5.35. The van der Waals surface area contributed by atoms with Crippen LogP contribution in [0.4, 0.5) is 0 Å². The zero-order valence-corrected chi connectivity index (χ0v) is 12.8. The Kier molecular flexibility index (Phi) is 4.37. The van der Waals surface area contributed by atoms with Crippen molar-refractivity contribution in [2.45, 2.75) is 38.9 Å². The first-order valence-corrected chi connectivity index (χ1v) is 7.82. The second-order valence-electron chi connectivity index (χ2n) is 6.15. The molecule has 2 N–H and O–H groups in total. The maximum Gasteiger partial charge on any atom is 0.0234 e. The van der Waals surface area contributed by atoms with Gasteiger partial charge in [0.25, 0.3) is 0 Å². The first-order chi connectivity index (χ1) is 10.2. The van der Waals surface area contributed by atoms with Gasteiger partial charge in [-0.2, -0.15) is 0 Å². The summed E-state index contributed by atoms with van der Waals surface area (Å²) in [7, 11) is 2.18. The van der Waals surface area contributed by atoms with E-state index in [1.807, 2.05) is 0 Å². The summed E-state index contributed by atoms with van der Waals surface area (Å²) in [6.45, 7) is 2.58. The van der Waals surface area contributed by atoms with Gasteiger partial charge in [0.15, 0.2) is 0 Å². The van der Waals surface area contributed by atoms with Gasteiger partial charge in [-0.15, -0.1) is 0 Å². The summed E-state index contributed by atoms with van der Waals surface area (Å²) in [6, 6.07) is 15.6. The number of rotatable bonds is 5. The molecule has 0 aromatic heterocycles. The van der Waals surface area contributed by atoms with Crippen LogP contribution in [0.3, 0.4) is 0 Å². The zero-order chi connectivity index (χ0) is 14.7. The summed E-state index contributed by atoms with van der Waals surface area (Å²) in [4.78, 5) is 2.37. The van der Waals surface area contributed by atoms with Gasteiger partial charge in [-0.3, -0.25) is 4.90 Å². The fourth-order valence-corrected chi connectivity index (χ4v) is 3.26. The fourth-order valence-electron chi connectivity index (χ4n) is 3.26. The van der Waals surface area contributed by atoms with E-state index in [4.69, 9.17) is 5.73 Å². The molecule has 0 amide bonds. The van der Waals surface area contributed by atoms with Crippen LogP contribution in [0.15, 0.2) is 42.5 Å². The highest BCUT2D eigenvalue weighted by atomic mass is 15.1. The smallest absolute Gasteiger partial charge is 0.0234 e. The predicted octanol–water partition coefficient (Wildman–Crippen LogP) is 3.27. The van der Waals surface area contributed by atoms with Crippen molar-refractivity contribution in [3.05, 3.63) is 70.3 Å². The molecule has 0 atom stereocenters. The third-order valence-corrected chi connectivity index (χ3v) is 4.29. The Morgan fingerprint density at radius 2 is 1.62 bits per heavy atom. The number of aryl methyl sites for hydroxylation is 2. The molecule has 2 heteroatoms. The van der Waals surface area contributed by atoms with Crippen LogP contribution in [0.25, 0.3) is 0 Å². The summed E-state index contributed by atoms with van der Waals surface area (Å²) in [5, 5.41) is 0. The maximum absolute atomic E-state index is 5.71. The number of hydrogen-bond donors (Lipinski definition) is 1. The lowest BCUT2D eigenvalue weighted by Crippen LogP contribution is -2.17. The summed E-state index contributed by atoms with van der Waals surface area (Å²) in [6.07, 6.45) is 3.84. The first kappa shape index (κ1) is 14.3. The van der Waals surface area contributed by atoms with Gasteiger partial charge in [0, 0.05) is 19.6 Å². The van der Waals surface area contributed by atoms with Gasteiger partial charge in [-0.05, 0) is 54.1 Å². The number of nitrogens with zero attached hydrogens (tertiary/aromatic N) is 1. The summed E-state index contributed by atoms with van der Waals surface area (Å²) >= 11 is 0. The van der Waals surface area contributed by atoms with Gasteiger partial charge in [0.05, 0.1) is 0 Å². The molecule has 2 aromatic rings. The van der Waals surface area contributed by atoms with Gasteiger partial charge >= 0.3 is 0 Å². The van der Waals surface area contributed by atoms with Gasteiger partial charge in [-0.25, -0.2) is 0 Å². The zero-order valence-electron chi connectivity index (χ0n) is 12.8. The Bertz CT molecular complexity index is 619. The summed E-state index contributed by atoms with van der Waals surface area (Å²) in [5.74, 6) is 0. The van der Waals surface area contributed by atoms with Crippen molar-refractivity contribution < 1.29 is 0 Å². The Morgan fingerprint density at radius 1 is 0.905 bits per heavy atom. The SMILES string of the molecule is CN(Cc1cccc(CN)c1)Cc1ccc2c(c1)CCC2. The van der Waals surface area contributed by atoms with E-state index < -0.39 is 0 Å². The third kappa shape index (κ3) is 3.52. The normalized spacial score (nSPS) is 13.7. The van der Waals surface area contributed by atoms with Gasteiger partial charge in [-0.1, -0.05) is 42.5 Å². The molecule has 1 aliphatic carbocycles. The van der Waals surface area contributed by atoms with E-state index in [-0.39, 0.29) is 0 Å². The molecule has 2 aromatic carbocycles. The number of nitrogens with two attached hydrogens (primary N) is 1. The van der Waals surface area contributed by atoms with E-state index in [2.05, 4.69) is 54.4 Å². The van der Waals surface area contributed by atoms with Crippen LogP contribution in [0.1, 0.15) is 34.2 Å². The van der Waals surface area contributed by atoms with Crippen molar-refractivity contribution in [2.75, 3.05) is 7.05 Å². The molecule has 0 fully saturated rings. The van der Waals surface area contributed by atoms with Crippen LogP contribution < -0.4 is 5.73 Å². The topological polar surface area (TPSA) is 29.3 Å². The highest BCUT2D eigenvalue weighted by Crippen LogP contribution is 2.23. The number of hydrogen-bond acceptors (Lipinski definition) is 2. The van der Waals surface area contributed by atoms with E-state index in [0.717, 1.165) is 13.1 Å². The Morgan fingerprint density at radius 3 is 2.43 bits per heavy atom. The molecule has 2 nitrogen and oxygen atoms in total. The highest BCUT2D eigenvalue weighted by Gasteiger charge is 2.11. The molecule has 0 radical (unpaired) electrons. The Hall–Kier alpha value is -1.64. The summed E-state index contributed by atoms with van der Waals surface area (Å²) in [5.41, 5.74) is 12.8. The largest absolute Gasteiger partial charge is 0.326 e. The third-order valence-electron chi connectivity index (χ3n) is 4.29. The first-order valence-electron chi connectivity index (χ1n) is 7.82. The second-order valence-corrected chi connectivity index (χ2v) is 6.15. The molecular formula is C19H24N2. The lowest BCUT2D eigenvalue weighted by molar-refractivity contribution is 0.319. The maximum atomic E-state index is 5.71. The minimum atomic E-state index is 0.613. The summed E-state index contributed by atoms with van der Waals surface area (Å²) < 4.78 is 0. The van der Waals surface area contributed by atoms with Crippen molar-refractivity contribution >= 4 is 0 Å². The predicted molar refractivity (Wildman–Crippen MR) is 88.0 cm³/mol. The fraction of sp³-hybridized carbons (Fsp3) is 0.368. The van der Waals surface area contributed by atoms with Crippen LogP contribution in [-0.2, 0) is 32.5 Å². The van der Waals surface area contributed by atoms with Crippen molar-refractivity contribution in [3.8, 4) is 0 Å². The average Bonchev–Trinajstić information content (AvgIpc) is 2.95. The van der Waals surface area contributed by atoms with Crippen molar-refractivity contribution in [2.24, 2.45) is 5.73 Å². The van der Waals surface area contributed by atoms with Crippen molar-refractivity contribution in [1.29, 1.82) is 0 Å². The molecule has 0 heterocycles. The minimum absolute atomic E-state index is 0.613. The molecular weight excluding hydrogens is 256 g/mol. The lowest BCUT2D eigenvalue weighted by atomic mass is 10.1. The Labute approximate surface area is 127 Å². The molecule has 0 unspecified atom stereocenters. The van der Waals surface area contributed by atoms with E-state index in [1.54, 1.807) is 11.1 Å². The van der Waals surface area contributed by atoms with Crippen molar-refractivity contribution in [3.63, 3.8) is 0 Å². The van der Waals surface area contributed by atoms with E-state index in [1.165, 1.54) is 36.0 Å². The van der Waals surface area contributed by atoms with Crippen molar-refractivity contribution in [1.82, 2.24) is 4.90 Å². The Balaban J connectivity index is 1.64. The molecule has 0 saturated heterocycles. The average molecular weight is 280 g/mol. The van der Waals surface area contributed by atoms with Crippen LogP contribution in [0.5, 0.6) is 0 Å². The molecule has 0 saturated carbocycles. The van der Waals surface area contributed by atoms with Gasteiger partial charge in [0.2, 0.25) is 0 Å². The monoisotopic (exact) mass is 280 g/mol. The number of benzene rings is 2. The molecule has 21 heavy (non-hydrogen) atoms.